The van der Waals surface area contributed by atoms with E-state index in [1.54, 1.807) is 19.3 Å². The highest BCUT2D eigenvalue weighted by molar-refractivity contribution is 5.93. The molecular formula is C15H19NO4. The second-order valence-electron chi connectivity index (χ2n) is 4.23. The largest absolute Gasteiger partial charge is 0.496 e. The number of methoxy groups -OCH3 is 1. The van der Waals surface area contributed by atoms with Gasteiger partial charge in [-0.25, -0.2) is 0 Å². The van der Waals surface area contributed by atoms with E-state index in [-0.39, 0.29) is 12.5 Å². The number of nitrogens with zero attached hydrogens (tertiary/aromatic N) is 1. The third-order valence-electron chi connectivity index (χ3n) is 2.68. The number of carboxylic acid groups (broad SMARTS) is 1. The Bertz CT molecular complexity index is 496. The summed E-state index contributed by atoms with van der Waals surface area (Å²) in [7, 11) is 1.56. The fraction of sp³-hybridized carbons (Fsp3) is 0.333. The van der Waals surface area contributed by atoms with Crippen LogP contribution < -0.4 is 4.74 Å². The van der Waals surface area contributed by atoms with Crippen LogP contribution in [0.3, 0.4) is 0 Å². The highest BCUT2D eigenvalue weighted by Gasteiger charge is 2.13. The molecule has 0 aliphatic heterocycles. The first kappa shape index (κ1) is 15.8. The van der Waals surface area contributed by atoms with Crippen molar-refractivity contribution >= 4 is 18.0 Å². The summed E-state index contributed by atoms with van der Waals surface area (Å²) in [6, 6.07) is 7.30. The molecule has 0 radical (unpaired) electrons. The van der Waals surface area contributed by atoms with Gasteiger partial charge in [0.25, 0.3) is 0 Å². The summed E-state index contributed by atoms with van der Waals surface area (Å²) >= 11 is 0. The van der Waals surface area contributed by atoms with E-state index in [0.29, 0.717) is 18.7 Å². The van der Waals surface area contributed by atoms with Crippen LogP contribution >= 0.6 is 0 Å². The van der Waals surface area contributed by atoms with E-state index in [1.165, 1.54) is 11.0 Å². The van der Waals surface area contributed by atoms with Crippen LogP contribution in [0.15, 0.2) is 30.3 Å². The van der Waals surface area contributed by atoms with Gasteiger partial charge < -0.3 is 14.7 Å². The van der Waals surface area contributed by atoms with E-state index >= 15 is 0 Å². The Hall–Kier alpha value is -2.30. The monoisotopic (exact) mass is 277 g/mol. The summed E-state index contributed by atoms with van der Waals surface area (Å²) in [5.41, 5.74) is 0.773. The number of ether oxygens (including phenoxy) is 1. The Morgan fingerprint density at radius 3 is 2.65 bits per heavy atom. The first-order valence-electron chi connectivity index (χ1n) is 6.40. The number of carboxylic acids is 1. The molecule has 0 saturated heterocycles. The Kier molecular flexibility index (Phi) is 6.29. The van der Waals surface area contributed by atoms with Gasteiger partial charge in [0, 0.05) is 18.2 Å². The third-order valence-corrected chi connectivity index (χ3v) is 2.68. The molecule has 0 fully saturated rings. The molecule has 1 N–H and O–H groups in total. The van der Waals surface area contributed by atoms with Gasteiger partial charge in [0.15, 0.2) is 0 Å². The molecule has 0 saturated carbocycles. The van der Waals surface area contributed by atoms with Crippen LogP contribution in [0.2, 0.25) is 0 Å². The molecule has 1 amide bonds. The number of amides is 1. The van der Waals surface area contributed by atoms with Crippen molar-refractivity contribution in [1.82, 2.24) is 4.90 Å². The SMILES string of the molecule is CCCN(CC(=O)O)C(=O)/C=C/c1ccccc1OC. The second kappa shape index (κ2) is 7.99. The summed E-state index contributed by atoms with van der Waals surface area (Å²) in [6.07, 6.45) is 3.71. The zero-order valence-corrected chi connectivity index (χ0v) is 11.7. The number of carbonyl (C=O) groups excluding carboxylic acids is 1. The minimum Gasteiger partial charge on any atom is -0.496 e. The van der Waals surface area contributed by atoms with Crippen molar-refractivity contribution in [2.45, 2.75) is 13.3 Å². The quantitative estimate of drug-likeness (QED) is 0.774. The molecular weight excluding hydrogens is 258 g/mol. The summed E-state index contributed by atoms with van der Waals surface area (Å²) < 4.78 is 5.18. The smallest absolute Gasteiger partial charge is 0.323 e. The molecule has 0 aliphatic carbocycles. The van der Waals surface area contributed by atoms with E-state index in [0.717, 1.165) is 5.56 Å². The van der Waals surface area contributed by atoms with Gasteiger partial charge in [-0.1, -0.05) is 25.1 Å². The maximum Gasteiger partial charge on any atom is 0.323 e. The molecule has 5 nitrogen and oxygen atoms in total. The van der Waals surface area contributed by atoms with E-state index in [2.05, 4.69) is 0 Å². The minimum atomic E-state index is -1.02. The van der Waals surface area contributed by atoms with Crippen molar-refractivity contribution in [2.75, 3.05) is 20.2 Å². The second-order valence-corrected chi connectivity index (χ2v) is 4.23. The van der Waals surface area contributed by atoms with Crippen LogP contribution in [-0.4, -0.2) is 42.1 Å². The predicted octanol–water partition coefficient (Wildman–Crippen LogP) is 2.03. The fourth-order valence-corrected chi connectivity index (χ4v) is 1.77. The number of carbonyl (C=O) groups is 2. The molecule has 108 valence electrons. The van der Waals surface area contributed by atoms with Crippen molar-refractivity contribution in [3.63, 3.8) is 0 Å². The molecule has 0 heterocycles. The Morgan fingerprint density at radius 1 is 1.35 bits per heavy atom. The van der Waals surface area contributed by atoms with Crippen LogP contribution in [0.4, 0.5) is 0 Å². The number of rotatable bonds is 7. The molecule has 1 rings (SSSR count). The molecule has 5 heteroatoms. The number of benzene rings is 1. The first-order valence-corrected chi connectivity index (χ1v) is 6.40. The summed E-state index contributed by atoms with van der Waals surface area (Å²) in [5, 5.41) is 8.79. The van der Waals surface area contributed by atoms with E-state index in [9.17, 15) is 9.59 Å². The molecule has 0 atom stereocenters. The van der Waals surface area contributed by atoms with Crippen LogP contribution in [0.25, 0.3) is 6.08 Å². The van der Waals surface area contributed by atoms with Crippen LogP contribution in [-0.2, 0) is 9.59 Å². The van der Waals surface area contributed by atoms with Crippen LogP contribution in [0.1, 0.15) is 18.9 Å². The number of para-hydroxylation sites is 1. The Labute approximate surface area is 118 Å². The van der Waals surface area contributed by atoms with Gasteiger partial charge in [0.05, 0.1) is 7.11 Å². The Morgan fingerprint density at radius 2 is 2.05 bits per heavy atom. The van der Waals surface area contributed by atoms with Crippen molar-refractivity contribution in [3.05, 3.63) is 35.9 Å². The molecule has 1 aromatic rings. The fourth-order valence-electron chi connectivity index (χ4n) is 1.77. The van der Waals surface area contributed by atoms with Gasteiger partial charge in [0.2, 0.25) is 5.91 Å². The van der Waals surface area contributed by atoms with Crippen molar-refractivity contribution in [2.24, 2.45) is 0 Å². The zero-order chi connectivity index (χ0) is 15.0. The Balaban J connectivity index is 2.80. The van der Waals surface area contributed by atoms with E-state index in [1.807, 2.05) is 25.1 Å². The van der Waals surface area contributed by atoms with Gasteiger partial charge in [0.1, 0.15) is 12.3 Å². The first-order chi connectivity index (χ1) is 9.58. The van der Waals surface area contributed by atoms with Gasteiger partial charge in [-0.3, -0.25) is 9.59 Å². The predicted molar refractivity (Wildman–Crippen MR) is 76.5 cm³/mol. The molecule has 0 spiro atoms. The normalized spacial score (nSPS) is 10.5. The van der Waals surface area contributed by atoms with Crippen LogP contribution in [0.5, 0.6) is 5.75 Å². The molecule has 0 unspecified atom stereocenters. The summed E-state index contributed by atoms with van der Waals surface area (Å²) in [6.45, 7) is 2.02. The average Bonchev–Trinajstić information content (AvgIpc) is 2.44. The molecule has 1 aromatic carbocycles. The maximum absolute atomic E-state index is 12.0. The third kappa shape index (κ3) is 4.76. The number of hydrogen-bond donors (Lipinski definition) is 1. The van der Waals surface area contributed by atoms with E-state index in [4.69, 9.17) is 9.84 Å². The lowest BCUT2D eigenvalue weighted by Gasteiger charge is -2.17. The molecule has 20 heavy (non-hydrogen) atoms. The lowest BCUT2D eigenvalue weighted by molar-refractivity contribution is -0.142. The van der Waals surface area contributed by atoms with Gasteiger partial charge in [-0.15, -0.1) is 0 Å². The molecule has 0 bridgehead atoms. The zero-order valence-electron chi connectivity index (χ0n) is 11.7. The average molecular weight is 277 g/mol. The van der Waals surface area contributed by atoms with Gasteiger partial charge >= 0.3 is 5.97 Å². The van der Waals surface area contributed by atoms with Gasteiger partial charge in [-0.05, 0) is 18.6 Å². The highest BCUT2D eigenvalue weighted by atomic mass is 16.5. The minimum absolute atomic E-state index is 0.289. The van der Waals surface area contributed by atoms with Crippen molar-refractivity contribution in [3.8, 4) is 5.75 Å². The van der Waals surface area contributed by atoms with Crippen LogP contribution in [0, 0.1) is 0 Å². The standard InChI is InChI=1S/C15H19NO4/c1-3-10-16(11-15(18)19)14(17)9-8-12-6-4-5-7-13(12)20-2/h4-9H,3,10-11H2,1-2H3,(H,18,19)/b9-8+. The summed E-state index contributed by atoms with van der Waals surface area (Å²) in [5.74, 6) is -0.672. The maximum atomic E-state index is 12.0. The topological polar surface area (TPSA) is 66.8 Å². The molecule has 0 aliphatic rings. The number of aliphatic carboxylic acids is 1. The van der Waals surface area contributed by atoms with Crippen molar-refractivity contribution < 1.29 is 19.4 Å². The lowest BCUT2D eigenvalue weighted by Crippen LogP contribution is -2.35. The van der Waals surface area contributed by atoms with Crippen molar-refractivity contribution in [1.29, 1.82) is 0 Å². The summed E-state index contributed by atoms with van der Waals surface area (Å²) in [4.78, 5) is 24.0. The molecule has 0 aromatic heterocycles. The number of hydrogen-bond acceptors (Lipinski definition) is 3. The lowest BCUT2D eigenvalue weighted by atomic mass is 10.2. The van der Waals surface area contributed by atoms with Gasteiger partial charge in [-0.2, -0.15) is 0 Å². The highest BCUT2D eigenvalue weighted by Crippen LogP contribution is 2.18. The van der Waals surface area contributed by atoms with E-state index < -0.39 is 5.97 Å².